The van der Waals surface area contributed by atoms with Crippen molar-refractivity contribution in [3.63, 3.8) is 0 Å². The van der Waals surface area contributed by atoms with Crippen LogP contribution < -0.4 is 5.73 Å². The number of para-hydroxylation sites is 2. The lowest BCUT2D eigenvalue weighted by Crippen LogP contribution is -1.99. The fourth-order valence-electron chi connectivity index (χ4n) is 3.79. The number of hydrogen-bond acceptors (Lipinski definition) is 3. The Bertz CT molecular complexity index is 1010. The molecule has 0 atom stereocenters. The lowest BCUT2D eigenvalue weighted by Gasteiger charge is -2.16. The maximum absolute atomic E-state index is 6.45. The Kier molecular flexibility index (Phi) is 7.04. The molecule has 0 bridgehead atoms. The van der Waals surface area contributed by atoms with E-state index in [1.807, 2.05) is 30.5 Å². The van der Waals surface area contributed by atoms with Gasteiger partial charge in [0, 0.05) is 11.3 Å². The molecule has 0 spiro atoms. The largest absolute Gasteiger partial charge is 0.398 e. The van der Waals surface area contributed by atoms with E-state index in [1.165, 1.54) is 16.7 Å². The Labute approximate surface area is 181 Å². The van der Waals surface area contributed by atoms with Crippen molar-refractivity contribution < 1.29 is 0 Å². The summed E-state index contributed by atoms with van der Waals surface area (Å²) < 4.78 is 0. The molecule has 0 aliphatic carbocycles. The number of aromatic nitrogens is 1. The zero-order valence-electron chi connectivity index (χ0n) is 18.8. The summed E-state index contributed by atoms with van der Waals surface area (Å²) in [4.78, 5) is 9.74. The molecule has 0 fully saturated rings. The van der Waals surface area contributed by atoms with E-state index in [1.54, 1.807) is 0 Å². The van der Waals surface area contributed by atoms with E-state index in [0.29, 0.717) is 11.8 Å². The zero-order chi connectivity index (χ0) is 21.7. The molecule has 0 unspecified atom stereocenters. The minimum Gasteiger partial charge on any atom is -0.398 e. The van der Waals surface area contributed by atoms with Gasteiger partial charge in [-0.2, -0.15) is 0 Å². The fraction of sp³-hybridized carbons (Fsp3) is 0.333. The fourth-order valence-corrected chi connectivity index (χ4v) is 3.79. The van der Waals surface area contributed by atoms with Gasteiger partial charge in [-0.1, -0.05) is 83.5 Å². The van der Waals surface area contributed by atoms with Crippen molar-refractivity contribution in [1.29, 1.82) is 0 Å². The highest BCUT2D eigenvalue weighted by atomic mass is 14.8. The molecule has 2 N–H and O–H groups in total. The number of pyridine rings is 1. The topological polar surface area (TPSA) is 51.3 Å². The quantitative estimate of drug-likeness (QED) is 0.335. The number of aliphatic imine (C=N–C) groups is 1. The Hall–Kier alpha value is -2.94. The molecule has 1 aromatic heterocycles. The smallest absolute Gasteiger partial charge is 0.0820 e. The maximum atomic E-state index is 6.45. The summed E-state index contributed by atoms with van der Waals surface area (Å²) in [6, 6.07) is 18.7. The van der Waals surface area contributed by atoms with Gasteiger partial charge in [0.2, 0.25) is 0 Å². The molecular weight excluding hydrogens is 366 g/mol. The first-order valence-corrected chi connectivity index (χ1v) is 10.9. The third-order valence-electron chi connectivity index (χ3n) is 5.43. The van der Waals surface area contributed by atoms with Crippen LogP contribution in [-0.4, -0.2) is 11.2 Å². The number of hydrogen-bond donors (Lipinski definition) is 1. The molecule has 2 aromatic carbocycles. The van der Waals surface area contributed by atoms with E-state index in [4.69, 9.17) is 15.7 Å². The van der Waals surface area contributed by atoms with Gasteiger partial charge in [-0.15, -0.1) is 0 Å². The van der Waals surface area contributed by atoms with Gasteiger partial charge in [0.15, 0.2) is 0 Å². The van der Waals surface area contributed by atoms with Crippen molar-refractivity contribution in [2.24, 2.45) is 4.99 Å². The Morgan fingerprint density at radius 2 is 1.53 bits per heavy atom. The van der Waals surface area contributed by atoms with Gasteiger partial charge in [-0.3, -0.25) is 4.99 Å². The second kappa shape index (κ2) is 9.71. The number of nitrogen functional groups attached to an aromatic ring is 1. The second-order valence-corrected chi connectivity index (χ2v) is 8.43. The van der Waals surface area contributed by atoms with Crippen molar-refractivity contribution in [3.8, 4) is 11.3 Å². The van der Waals surface area contributed by atoms with Gasteiger partial charge >= 0.3 is 0 Å². The third-order valence-corrected chi connectivity index (χ3v) is 5.43. The van der Waals surface area contributed by atoms with Gasteiger partial charge in [0.05, 0.1) is 23.3 Å². The summed E-state index contributed by atoms with van der Waals surface area (Å²) in [5, 5.41) is 0. The second-order valence-electron chi connectivity index (χ2n) is 8.43. The van der Waals surface area contributed by atoms with Crippen LogP contribution in [0.3, 0.4) is 0 Å². The molecule has 0 saturated carbocycles. The molecule has 156 valence electrons. The number of nitrogens with zero attached hydrogens (tertiary/aromatic N) is 2. The van der Waals surface area contributed by atoms with Gasteiger partial charge in [-0.05, 0) is 47.1 Å². The molecule has 3 rings (SSSR count). The lowest BCUT2D eigenvalue weighted by atomic mass is 9.93. The molecule has 3 aromatic rings. The minimum atomic E-state index is 0.413. The van der Waals surface area contributed by atoms with Crippen molar-refractivity contribution >= 4 is 17.6 Å². The van der Waals surface area contributed by atoms with E-state index in [0.717, 1.165) is 41.2 Å². The Morgan fingerprint density at radius 3 is 2.17 bits per heavy atom. The Balaban J connectivity index is 2.00. The van der Waals surface area contributed by atoms with Gasteiger partial charge in [0.25, 0.3) is 0 Å². The van der Waals surface area contributed by atoms with Crippen LogP contribution >= 0.6 is 0 Å². The first-order valence-electron chi connectivity index (χ1n) is 10.9. The summed E-state index contributed by atoms with van der Waals surface area (Å²) in [5.74, 6) is 0.826. The maximum Gasteiger partial charge on any atom is 0.0820 e. The molecule has 0 radical (unpaired) electrons. The van der Waals surface area contributed by atoms with Crippen molar-refractivity contribution in [3.05, 3.63) is 77.0 Å². The average molecular weight is 400 g/mol. The predicted molar refractivity (Wildman–Crippen MR) is 130 cm³/mol. The Morgan fingerprint density at radius 1 is 0.900 bits per heavy atom. The van der Waals surface area contributed by atoms with E-state index >= 15 is 0 Å². The van der Waals surface area contributed by atoms with Crippen molar-refractivity contribution in [1.82, 2.24) is 4.98 Å². The molecule has 0 aliphatic heterocycles. The average Bonchev–Trinajstić information content (AvgIpc) is 2.73. The molecule has 0 aliphatic rings. The molecule has 0 saturated heterocycles. The first kappa shape index (κ1) is 21.8. The van der Waals surface area contributed by atoms with Gasteiger partial charge in [-0.25, -0.2) is 4.98 Å². The number of benzene rings is 2. The normalized spacial score (nSPS) is 11.7. The van der Waals surface area contributed by atoms with Crippen molar-refractivity contribution in [2.45, 2.75) is 59.3 Å². The van der Waals surface area contributed by atoms with E-state index < -0.39 is 0 Å². The summed E-state index contributed by atoms with van der Waals surface area (Å²) in [5.41, 5.74) is 14.8. The first-order chi connectivity index (χ1) is 14.4. The number of rotatable bonds is 7. The monoisotopic (exact) mass is 399 g/mol. The van der Waals surface area contributed by atoms with E-state index in [2.05, 4.69) is 65.0 Å². The molecular formula is C27H33N3. The van der Waals surface area contributed by atoms with Crippen LogP contribution in [0.2, 0.25) is 0 Å². The summed E-state index contributed by atoms with van der Waals surface area (Å²) >= 11 is 0. The minimum absolute atomic E-state index is 0.413. The summed E-state index contributed by atoms with van der Waals surface area (Å²) in [7, 11) is 0. The number of nitrogens with two attached hydrogens (primary N) is 1. The van der Waals surface area contributed by atoms with Crippen LogP contribution in [0.15, 0.2) is 59.6 Å². The standard InChI is InChI=1S/C27H33N3/c1-6-10-20-11-7-15-24(26(20)28)25-16-8-12-21(30-25)17-29-27-22(18(2)3)13-9-14-23(27)19(4)5/h7-9,11-19H,6,10,28H2,1-5H3. The highest BCUT2D eigenvalue weighted by molar-refractivity contribution is 5.83. The molecule has 30 heavy (non-hydrogen) atoms. The van der Waals surface area contributed by atoms with Crippen LogP contribution in [-0.2, 0) is 6.42 Å². The highest BCUT2D eigenvalue weighted by Crippen LogP contribution is 2.34. The van der Waals surface area contributed by atoms with Crippen molar-refractivity contribution in [2.75, 3.05) is 5.73 Å². The molecule has 0 amide bonds. The van der Waals surface area contributed by atoms with E-state index in [-0.39, 0.29) is 0 Å². The molecule has 3 nitrogen and oxygen atoms in total. The van der Waals surface area contributed by atoms with Crippen LogP contribution in [0.1, 0.15) is 75.3 Å². The predicted octanol–water partition coefficient (Wildman–Crippen LogP) is 7.28. The molecule has 1 heterocycles. The lowest BCUT2D eigenvalue weighted by molar-refractivity contribution is 0.835. The van der Waals surface area contributed by atoms with Crippen LogP contribution in [0.4, 0.5) is 11.4 Å². The van der Waals surface area contributed by atoms with Gasteiger partial charge in [0.1, 0.15) is 0 Å². The third kappa shape index (κ3) is 4.79. The summed E-state index contributed by atoms with van der Waals surface area (Å²) in [6.07, 6.45) is 3.93. The highest BCUT2D eigenvalue weighted by Gasteiger charge is 2.13. The number of anilines is 1. The van der Waals surface area contributed by atoms with E-state index in [9.17, 15) is 0 Å². The van der Waals surface area contributed by atoms with Crippen LogP contribution in [0.25, 0.3) is 11.3 Å². The SMILES string of the molecule is CCCc1cccc(-c2cccc(C=Nc3c(C(C)C)cccc3C(C)C)n2)c1N. The zero-order valence-corrected chi connectivity index (χ0v) is 18.8. The van der Waals surface area contributed by atoms with Crippen LogP contribution in [0, 0.1) is 0 Å². The number of aryl methyl sites for hydroxylation is 1. The summed E-state index contributed by atoms with van der Waals surface area (Å²) in [6.45, 7) is 11.0. The van der Waals surface area contributed by atoms with Crippen LogP contribution in [0.5, 0.6) is 0 Å². The van der Waals surface area contributed by atoms with Gasteiger partial charge < -0.3 is 5.73 Å². The molecule has 3 heteroatoms.